The summed E-state index contributed by atoms with van der Waals surface area (Å²) in [7, 11) is 1.70. The average Bonchev–Trinajstić information content (AvgIpc) is 3.11. The minimum Gasteiger partial charge on any atom is -0.497 e. The van der Waals surface area contributed by atoms with Gasteiger partial charge in [0.25, 0.3) is 0 Å². The van der Waals surface area contributed by atoms with Crippen LogP contribution in [0.25, 0.3) is 22.2 Å². The lowest BCUT2D eigenvalue weighted by atomic mass is 10.1. The van der Waals surface area contributed by atoms with Gasteiger partial charge in [-0.3, -0.25) is 4.90 Å². The number of rotatable bonds is 7. The molecule has 0 atom stereocenters. The fourth-order valence-corrected chi connectivity index (χ4v) is 3.83. The minimum atomic E-state index is 0.456. The Hall–Kier alpha value is -2.63. The first-order chi connectivity index (χ1) is 13.8. The zero-order valence-electron chi connectivity index (χ0n) is 16.3. The fraction of sp³-hybridized carbons (Fsp3) is 0.348. The van der Waals surface area contributed by atoms with E-state index in [2.05, 4.69) is 39.8 Å². The van der Waals surface area contributed by atoms with E-state index in [0.717, 1.165) is 62.6 Å². The highest BCUT2D eigenvalue weighted by Crippen LogP contribution is 2.31. The molecule has 0 N–H and O–H groups in total. The SMILES string of the molecule is COc1ccc2c(c1)cc(-c1ccc(CC=O)cc1)n2CCN1CCOCC1. The van der Waals surface area contributed by atoms with Gasteiger partial charge in [0.1, 0.15) is 12.0 Å². The molecule has 146 valence electrons. The molecule has 1 saturated heterocycles. The van der Waals surface area contributed by atoms with E-state index in [9.17, 15) is 4.79 Å². The summed E-state index contributed by atoms with van der Waals surface area (Å²) in [5.74, 6) is 0.866. The fourth-order valence-electron chi connectivity index (χ4n) is 3.83. The number of nitrogens with zero attached hydrogens (tertiary/aromatic N) is 2. The van der Waals surface area contributed by atoms with Gasteiger partial charge < -0.3 is 18.8 Å². The molecule has 3 aromatic rings. The van der Waals surface area contributed by atoms with E-state index in [0.29, 0.717) is 6.42 Å². The Kier molecular flexibility index (Phi) is 5.74. The molecule has 0 unspecified atom stereocenters. The van der Waals surface area contributed by atoms with Crippen molar-refractivity contribution in [2.75, 3.05) is 40.0 Å². The number of methoxy groups -OCH3 is 1. The van der Waals surface area contributed by atoms with Gasteiger partial charge in [0.2, 0.25) is 0 Å². The predicted molar refractivity (Wildman–Crippen MR) is 111 cm³/mol. The van der Waals surface area contributed by atoms with Crippen LogP contribution in [0.5, 0.6) is 5.75 Å². The number of carbonyl (C=O) groups is 1. The number of aldehydes is 1. The van der Waals surface area contributed by atoms with Crippen molar-refractivity contribution in [3.63, 3.8) is 0 Å². The Morgan fingerprint density at radius 2 is 1.82 bits per heavy atom. The summed E-state index contributed by atoms with van der Waals surface area (Å²) in [6.45, 7) is 5.52. The molecule has 1 aromatic heterocycles. The Labute approximate surface area is 165 Å². The summed E-state index contributed by atoms with van der Waals surface area (Å²) < 4.78 is 13.3. The smallest absolute Gasteiger partial charge is 0.124 e. The first-order valence-electron chi connectivity index (χ1n) is 9.79. The van der Waals surface area contributed by atoms with Gasteiger partial charge in [0.15, 0.2) is 0 Å². The molecule has 28 heavy (non-hydrogen) atoms. The van der Waals surface area contributed by atoms with Crippen molar-refractivity contribution in [2.45, 2.75) is 13.0 Å². The molecule has 1 fully saturated rings. The van der Waals surface area contributed by atoms with Crippen molar-refractivity contribution in [3.8, 4) is 17.0 Å². The van der Waals surface area contributed by atoms with Gasteiger partial charge in [-0.15, -0.1) is 0 Å². The predicted octanol–water partition coefficient (Wildman–Crippen LogP) is 3.39. The van der Waals surface area contributed by atoms with Crippen LogP contribution in [0.2, 0.25) is 0 Å². The van der Waals surface area contributed by atoms with Gasteiger partial charge in [-0.1, -0.05) is 24.3 Å². The third kappa shape index (κ3) is 3.96. The molecule has 1 aliphatic rings. The second-order valence-electron chi connectivity index (χ2n) is 7.13. The molecule has 0 radical (unpaired) electrons. The molecule has 0 bridgehead atoms. The van der Waals surface area contributed by atoms with Gasteiger partial charge in [-0.05, 0) is 35.4 Å². The second kappa shape index (κ2) is 8.59. The van der Waals surface area contributed by atoms with E-state index in [1.807, 2.05) is 18.2 Å². The normalized spacial score (nSPS) is 15.0. The lowest BCUT2D eigenvalue weighted by Gasteiger charge is -2.27. The van der Waals surface area contributed by atoms with E-state index >= 15 is 0 Å². The highest BCUT2D eigenvalue weighted by Gasteiger charge is 2.15. The number of hydrogen-bond acceptors (Lipinski definition) is 4. The lowest BCUT2D eigenvalue weighted by Crippen LogP contribution is -2.38. The van der Waals surface area contributed by atoms with Crippen LogP contribution in [0.15, 0.2) is 48.5 Å². The van der Waals surface area contributed by atoms with Crippen LogP contribution in [-0.4, -0.2) is 55.7 Å². The number of benzene rings is 2. The zero-order chi connectivity index (χ0) is 19.3. The number of hydrogen-bond donors (Lipinski definition) is 0. The third-order valence-corrected chi connectivity index (χ3v) is 5.42. The molecular weight excluding hydrogens is 352 g/mol. The van der Waals surface area contributed by atoms with E-state index < -0.39 is 0 Å². The highest BCUT2D eigenvalue weighted by atomic mass is 16.5. The summed E-state index contributed by atoms with van der Waals surface area (Å²) in [6.07, 6.45) is 1.40. The lowest BCUT2D eigenvalue weighted by molar-refractivity contribution is -0.107. The van der Waals surface area contributed by atoms with Crippen LogP contribution < -0.4 is 4.74 Å². The van der Waals surface area contributed by atoms with Crippen molar-refractivity contribution in [3.05, 3.63) is 54.1 Å². The molecule has 0 saturated carbocycles. The van der Waals surface area contributed by atoms with Gasteiger partial charge in [-0.25, -0.2) is 0 Å². The molecule has 0 spiro atoms. The summed E-state index contributed by atoms with van der Waals surface area (Å²) in [4.78, 5) is 13.2. The van der Waals surface area contributed by atoms with Gasteiger partial charge in [-0.2, -0.15) is 0 Å². The number of fused-ring (bicyclic) bond motifs is 1. The van der Waals surface area contributed by atoms with Crippen LogP contribution in [0.1, 0.15) is 5.56 Å². The molecule has 0 amide bonds. The molecule has 5 heteroatoms. The molecule has 1 aliphatic heterocycles. The van der Waals surface area contributed by atoms with Crippen molar-refractivity contribution in [1.29, 1.82) is 0 Å². The minimum absolute atomic E-state index is 0.456. The molecule has 2 heterocycles. The molecule has 2 aromatic carbocycles. The van der Waals surface area contributed by atoms with Crippen molar-refractivity contribution in [2.24, 2.45) is 0 Å². The maximum Gasteiger partial charge on any atom is 0.124 e. The summed E-state index contributed by atoms with van der Waals surface area (Å²) in [6, 6.07) is 16.8. The van der Waals surface area contributed by atoms with Crippen LogP contribution in [-0.2, 0) is 22.5 Å². The number of morpholine rings is 1. The maximum absolute atomic E-state index is 10.8. The topological polar surface area (TPSA) is 43.7 Å². The number of carbonyl (C=O) groups excluding carboxylic acids is 1. The number of ether oxygens (including phenoxy) is 2. The van der Waals surface area contributed by atoms with Gasteiger partial charge in [0, 0.05) is 49.2 Å². The van der Waals surface area contributed by atoms with Crippen molar-refractivity contribution in [1.82, 2.24) is 9.47 Å². The Morgan fingerprint density at radius 3 is 2.54 bits per heavy atom. The largest absolute Gasteiger partial charge is 0.497 e. The second-order valence-corrected chi connectivity index (χ2v) is 7.13. The molecule has 4 rings (SSSR count). The van der Waals surface area contributed by atoms with E-state index in [-0.39, 0.29) is 0 Å². The highest BCUT2D eigenvalue weighted by molar-refractivity contribution is 5.88. The standard InChI is InChI=1S/C23H26N2O3/c1-27-21-6-7-22-20(16-21)17-23(19-4-2-18(3-5-19)8-13-26)25(22)10-9-24-11-14-28-15-12-24/h2-7,13,16-17H,8-12,14-15H2,1H3. The average molecular weight is 378 g/mol. The Balaban J connectivity index is 1.69. The summed E-state index contributed by atoms with van der Waals surface area (Å²) in [5, 5.41) is 1.17. The molecule has 5 nitrogen and oxygen atoms in total. The quantitative estimate of drug-likeness (QED) is 0.591. The molecular formula is C23H26N2O3. The monoisotopic (exact) mass is 378 g/mol. The summed E-state index contributed by atoms with van der Waals surface area (Å²) in [5.41, 5.74) is 4.60. The first-order valence-corrected chi connectivity index (χ1v) is 9.79. The van der Waals surface area contributed by atoms with E-state index in [1.165, 1.54) is 16.6 Å². The van der Waals surface area contributed by atoms with Crippen molar-refractivity contribution < 1.29 is 14.3 Å². The number of aromatic nitrogens is 1. The summed E-state index contributed by atoms with van der Waals surface area (Å²) >= 11 is 0. The third-order valence-electron chi connectivity index (χ3n) is 5.42. The Morgan fingerprint density at radius 1 is 1.04 bits per heavy atom. The first kappa shape index (κ1) is 18.7. The van der Waals surface area contributed by atoms with Crippen molar-refractivity contribution >= 4 is 17.2 Å². The van der Waals surface area contributed by atoms with Gasteiger partial charge in [0.05, 0.1) is 20.3 Å². The molecule has 0 aliphatic carbocycles. The Bertz CT molecular complexity index is 940. The van der Waals surface area contributed by atoms with Crippen LogP contribution >= 0.6 is 0 Å². The zero-order valence-corrected chi connectivity index (χ0v) is 16.3. The van der Waals surface area contributed by atoms with Crippen LogP contribution in [0.4, 0.5) is 0 Å². The van der Waals surface area contributed by atoms with Crippen LogP contribution in [0.3, 0.4) is 0 Å². The van der Waals surface area contributed by atoms with E-state index in [4.69, 9.17) is 9.47 Å². The van der Waals surface area contributed by atoms with E-state index in [1.54, 1.807) is 7.11 Å². The van der Waals surface area contributed by atoms with Gasteiger partial charge >= 0.3 is 0 Å². The van der Waals surface area contributed by atoms with Crippen LogP contribution in [0, 0.1) is 0 Å². The maximum atomic E-state index is 10.8.